The van der Waals surface area contributed by atoms with E-state index in [0.29, 0.717) is 69.1 Å². The molecule has 216 valence electrons. The Kier molecular flexibility index (Phi) is 9.37. The van der Waals surface area contributed by atoms with Crippen molar-refractivity contribution in [1.29, 1.82) is 5.26 Å². The molecule has 1 atom stereocenters. The van der Waals surface area contributed by atoms with Crippen LogP contribution in [-0.4, -0.2) is 47.0 Å². The molecule has 9 nitrogen and oxygen atoms in total. The van der Waals surface area contributed by atoms with Crippen LogP contribution in [0.3, 0.4) is 0 Å². The topological polar surface area (TPSA) is 112 Å². The Morgan fingerprint density at radius 2 is 2.05 bits per heavy atom. The molecule has 0 saturated carbocycles. The molecule has 5 rings (SSSR count). The zero-order chi connectivity index (χ0) is 29.5. The maximum atomic E-state index is 13.0. The quantitative estimate of drug-likeness (QED) is 0.200. The minimum absolute atomic E-state index is 0.0809. The molecule has 2 N–H and O–H groups in total. The molecule has 42 heavy (non-hydrogen) atoms. The SMILES string of the molecule is CCOc1cc2ncc(C#N)c(Nc3ccc(OCc4ccccn4)c(Cl)c3)c2cc1NC(=O)CCC1CCCN1C. The number of anilines is 3. The van der Waals surface area contributed by atoms with Gasteiger partial charge in [-0.05, 0) is 76.2 Å². The van der Waals surface area contributed by atoms with Gasteiger partial charge in [0.05, 0.1) is 39.8 Å². The first-order valence-electron chi connectivity index (χ1n) is 14.0. The highest BCUT2D eigenvalue weighted by Gasteiger charge is 2.22. The van der Waals surface area contributed by atoms with Gasteiger partial charge in [0.15, 0.2) is 0 Å². The molecule has 0 radical (unpaired) electrons. The maximum Gasteiger partial charge on any atom is 0.224 e. The second-order valence-corrected chi connectivity index (χ2v) is 10.6. The molecular formula is C32H33ClN6O3. The molecule has 2 aromatic carbocycles. The number of likely N-dealkylation sites (tertiary alicyclic amines) is 1. The third-order valence-electron chi connectivity index (χ3n) is 7.34. The summed E-state index contributed by atoms with van der Waals surface area (Å²) in [5, 5.41) is 17.3. The Morgan fingerprint density at radius 3 is 2.76 bits per heavy atom. The molecule has 1 saturated heterocycles. The van der Waals surface area contributed by atoms with Gasteiger partial charge < -0.3 is 25.0 Å². The summed E-state index contributed by atoms with van der Waals surface area (Å²) < 4.78 is 11.7. The first kappa shape index (κ1) is 29.1. The molecule has 1 fully saturated rings. The summed E-state index contributed by atoms with van der Waals surface area (Å²) in [6.45, 7) is 3.67. The second kappa shape index (κ2) is 13.5. The Bertz CT molecular complexity index is 1610. The number of nitriles is 1. The number of carbonyl (C=O) groups excluding carboxylic acids is 1. The van der Waals surface area contributed by atoms with Crippen molar-refractivity contribution in [2.24, 2.45) is 0 Å². The number of nitrogens with zero attached hydrogens (tertiary/aromatic N) is 4. The fraction of sp³-hybridized carbons (Fsp3) is 0.312. The van der Waals surface area contributed by atoms with E-state index in [2.05, 4.69) is 38.6 Å². The van der Waals surface area contributed by atoms with E-state index in [9.17, 15) is 10.1 Å². The minimum atomic E-state index is -0.0809. The fourth-order valence-corrected chi connectivity index (χ4v) is 5.38. The molecule has 3 heterocycles. The molecule has 0 bridgehead atoms. The molecular weight excluding hydrogens is 552 g/mol. The van der Waals surface area contributed by atoms with Gasteiger partial charge in [0.2, 0.25) is 5.91 Å². The van der Waals surface area contributed by atoms with Crippen molar-refractivity contribution < 1.29 is 14.3 Å². The number of rotatable bonds is 11. The van der Waals surface area contributed by atoms with Crippen LogP contribution in [0.1, 0.15) is 43.9 Å². The van der Waals surface area contributed by atoms with Gasteiger partial charge in [0.1, 0.15) is 24.2 Å². The second-order valence-electron chi connectivity index (χ2n) is 10.2. The van der Waals surface area contributed by atoms with Crippen LogP contribution in [0.25, 0.3) is 10.9 Å². The number of amides is 1. The summed E-state index contributed by atoms with van der Waals surface area (Å²) in [5.74, 6) is 0.961. The highest BCUT2D eigenvalue weighted by molar-refractivity contribution is 6.32. The lowest BCUT2D eigenvalue weighted by Crippen LogP contribution is -2.26. The Balaban J connectivity index is 1.39. The van der Waals surface area contributed by atoms with E-state index in [-0.39, 0.29) is 12.5 Å². The van der Waals surface area contributed by atoms with Crippen molar-refractivity contribution >= 4 is 45.5 Å². The van der Waals surface area contributed by atoms with Crippen molar-refractivity contribution in [2.75, 3.05) is 30.8 Å². The molecule has 0 aliphatic carbocycles. The summed E-state index contributed by atoms with van der Waals surface area (Å²) in [4.78, 5) is 24.0. The van der Waals surface area contributed by atoms with Gasteiger partial charge in [0, 0.05) is 42.0 Å². The van der Waals surface area contributed by atoms with Crippen molar-refractivity contribution in [3.8, 4) is 17.6 Å². The molecule has 4 aromatic rings. The molecule has 2 aromatic heterocycles. The van der Waals surface area contributed by atoms with Gasteiger partial charge in [-0.25, -0.2) is 0 Å². The first-order valence-corrected chi connectivity index (χ1v) is 14.4. The van der Waals surface area contributed by atoms with E-state index >= 15 is 0 Å². The molecule has 1 amide bonds. The molecule has 1 aliphatic heterocycles. The van der Waals surface area contributed by atoms with Crippen molar-refractivity contribution in [2.45, 2.75) is 45.3 Å². The van der Waals surface area contributed by atoms with E-state index in [1.807, 2.05) is 37.3 Å². The number of benzene rings is 2. The number of pyridine rings is 2. The molecule has 1 aliphatic rings. The highest BCUT2D eigenvalue weighted by atomic mass is 35.5. The number of nitrogens with one attached hydrogen (secondary N) is 2. The van der Waals surface area contributed by atoms with Gasteiger partial charge in [-0.3, -0.25) is 14.8 Å². The number of carbonyl (C=O) groups is 1. The van der Waals surface area contributed by atoms with Crippen molar-refractivity contribution in [3.63, 3.8) is 0 Å². The summed E-state index contributed by atoms with van der Waals surface area (Å²) in [6.07, 6.45) is 6.72. The predicted octanol–water partition coefficient (Wildman–Crippen LogP) is 6.69. The Labute approximate surface area is 250 Å². The van der Waals surface area contributed by atoms with Crippen LogP contribution in [0, 0.1) is 11.3 Å². The van der Waals surface area contributed by atoms with Gasteiger partial charge in [-0.15, -0.1) is 0 Å². The van der Waals surface area contributed by atoms with E-state index < -0.39 is 0 Å². The predicted molar refractivity (Wildman–Crippen MR) is 164 cm³/mol. The summed E-state index contributed by atoms with van der Waals surface area (Å²) >= 11 is 6.55. The third kappa shape index (κ3) is 6.90. The van der Waals surface area contributed by atoms with Crippen LogP contribution in [0.15, 0.2) is 60.9 Å². The molecule has 1 unspecified atom stereocenters. The molecule has 0 spiro atoms. The lowest BCUT2D eigenvalue weighted by Gasteiger charge is -2.19. The van der Waals surface area contributed by atoms with Crippen LogP contribution in [0.2, 0.25) is 5.02 Å². The maximum absolute atomic E-state index is 13.0. The number of hydrogen-bond acceptors (Lipinski definition) is 8. The van der Waals surface area contributed by atoms with Gasteiger partial charge >= 0.3 is 0 Å². The number of ether oxygens (including phenoxy) is 2. The van der Waals surface area contributed by atoms with E-state index in [1.54, 1.807) is 24.4 Å². The number of aromatic nitrogens is 2. The third-order valence-corrected chi connectivity index (χ3v) is 7.64. The summed E-state index contributed by atoms with van der Waals surface area (Å²) in [6, 6.07) is 17.2. The van der Waals surface area contributed by atoms with Crippen molar-refractivity contribution in [1.82, 2.24) is 14.9 Å². The number of hydrogen-bond donors (Lipinski definition) is 2. The summed E-state index contributed by atoms with van der Waals surface area (Å²) in [7, 11) is 2.11. The van der Waals surface area contributed by atoms with E-state index in [0.717, 1.165) is 31.5 Å². The minimum Gasteiger partial charge on any atom is -0.492 e. The van der Waals surface area contributed by atoms with Crippen LogP contribution in [-0.2, 0) is 11.4 Å². The first-order chi connectivity index (χ1) is 20.4. The van der Waals surface area contributed by atoms with E-state index in [4.69, 9.17) is 21.1 Å². The average molecular weight is 585 g/mol. The van der Waals surface area contributed by atoms with Gasteiger partial charge in [0.25, 0.3) is 0 Å². The zero-order valence-corrected chi connectivity index (χ0v) is 24.4. The zero-order valence-electron chi connectivity index (χ0n) is 23.7. The Morgan fingerprint density at radius 1 is 1.17 bits per heavy atom. The van der Waals surface area contributed by atoms with Gasteiger partial charge in [-0.1, -0.05) is 17.7 Å². The van der Waals surface area contributed by atoms with Gasteiger partial charge in [-0.2, -0.15) is 5.26 Å². The van der Waals surface area contributed by atoms with Crippen LogP contribution in [0.4, 0.5) is 17.1 Å². The van der Waals surface area contributed by atoms with Crippen LogP contribution >= 0.6 is 11.6 Å². The van der Waals surface area contributed by atoms with Crippen LogP contribution in [0.5, 0.6) is 11.5 Å². The monoisotopic (exact) mass is 584 g/mol. The largest absolute Gasteiger partial charge is 0.492 e. The highest BCUT2D eigenvalue weighted by Crippen LogP contribution is 2.37. The van der Waals surface area contributed by atoms with Crippen molar-refractivity contribution in [3.05, 3.63) is 77.2 Å². The standard InChI is InChI=1S/C32H33ClN6O3/c1-3-41-30-17-27-25(16-28(30)38-31(40)12-10-24-8-6-14-39(24)2)32(21(18-34)19-36-27)37-22-9-11-29(26(33)15-22)42-20-23-7-4-5-13-35-23/h4-5,7,9,11,13,15-17,19,24H,3,6,8,10,12,14,20H2,1-2H3,(H,36,37)(H,38,40). The average Bonchev–Trinajstić information content (AvgIpc) is 3.41. The number of halogens is 1. The number of fused-ring (bicyclic) bond motifs is 1. The normalized spacial score (nSPS) is 14.9. The van der Waals surface area contributed by atoms with Crippen LogP contribution < -0.4 is 20.1 Å². The van der Waals surface area contributed by atoms with E-state index in [1.165, 1.54) is 6.20 Å². The lowest BCUT2D eigenvalue weighted by molar-refractivity contribution is -0.116. The fourth-order valence-electron chi connectivity index (χ4n) is 5.14. The molecule has 10 heteroatoms. The smallest absolute Gasteiger partial charge is 0.224 e. The summed E-state index contributed by atoms with van der Waals surface area (Å²) in [5.41, 5.74) is 3.50. The Hall–Kier alpha value is -4.39. The lowest BCUT2D eigenvalue weighted by atomic mass is 10.1.